The molecule has 2 heterocycles. The first-order chi connectivity index (χ1) is 14.8. The van der Waals surface area contributed by atoms with Crippen molar-refractivity contribution < 1.29 is 4.39 Å². The highest BCUT2D eigenvalue weighted by molar-refractivity contribution is 7.19. The first-order valence-corrected chi connectivity index (χ1v) is 10.9. The molecule has 1 aromatic carbocycles. The van der Waals surface area contributed by atoms with Crippen molar-refractivity contribution in [3.63, 3.8) is 0 Å². The number of nitrogens with one attached hydrogen (secondary N) is 1. The van der Waals surface area contributed by atoms with Gasteiger partial charge in [-0.25, -0.2) is 14.4 Å². The highest BCUT2D eigenvalue weighted by atomic mass is 35.5. The molecule has 4 rings (SSSR count). The molecule has 2 aromatic heterocycles. The first kappa shape index (κ1) is 21.5. The Morgan fingerprint density at radius 1 is 1.35 bits per heavy atom. The highest BCUT2D eigenvalue weighted by Crippen LogP contribution is 2.38. The van der Waals surface area contributed by atoms with Crippen LogP contribution in [0.25, 0.3) is 10.2 Å². The van der Waals surface area contributed by atoms with Crippen LogP contribution in [0, 0.1) is 17.7 Å². The maximum absolute atomic E-state index is 13.4. The Kier molecular flexibility index (Phi) is 6.08. The van der Waals surface area contributed by atoms with E-state index in [1.54, 1.807) is 6.07 Å². The SMILES string of the molecule is CC(N)C#Cc1cc2ncnc(C3(N)C=CC(NCc4cccc(F)c4)=C(Cl)C3)c2s1. The molecular weight excluding hydrogens is 433 g/mol. The van der Waals surface area contributed by atoms with Crippen LogP contribution in [0.5, 0.6) is 0 Å². The standard InChI is InChI=1S/C23H21ClFN5S/c1-14(26)5-6-17-10-20-21(31-17)22(30-13-29-20)23(27)8-7-19(18(24)11-23)28-12-15-3-2-4-16(25)9-15/h2-4,7-10,13-14,28H,11-12,26-27H2,1H3. The van der Waals surface area contributed by atoms with Crippen molar-refractivity contribution in [1.82, 2.24) is 15.3 Å². The van der Waals surface area contributed by atoms with Crippen molar-refractivity contribution in [2.45, 2.75) is 31.5 Å². The van der Waals surface area contributed by atoms with Crippen LogP contribution in [0.2, 0.25) is 0 Å². The second kappa shape index (κ2) is 8.77. The second-order valence-electron chi connectivity index (χ2n) is 7.46. The largest absolute Gasteiger partial charge is 0.380 e. The minimum atomic E-state index is -0.876. The van der Waals surface area contributed by atoms with Crippen molar-refractivity contribution in [2.24, 2.45) is 11.5 Å². The highest BCUT2D eigenvalue weighted by Gasteiger charge is 2.33. The summed E-state index contributed by atoms with van der Waals surface area (Å²) in [6.07, 6.45) is 5.62. The van der Waals surface area contributed by atoms with Gasteiger partial charge in [0.2, 0.25) is 0 Å². The van der Waals surface area contributed by atoms with Gasteiger partial charge in [0.05, 0.1) is 32.4 Å². The Morgan fingerprint density at radius 2 is 2.19 bits per heavy atom. The quantitative estimate of drug-likeness (QED) is 0.521. The second-order valence-corrected chi connectivity index (χ2v) is 8.97. The molecule has 1 aliphatic rings. The van der Waals surface area contributed by atoms with Crippen LogP contribution >= 0.6 is 22.9 Å². The van der Waals surface area contributed by atoms with Gasteiger partial charge in [-0.3, -0.25) is 0 Å². The normalized spacial score (nSPS) is 19.3. The Labute approximate surface area is 189 Å². The molecule has 0 amide bonds. The molecule has 2 atom stereocenters. The molecule has 158 valence electrons. The number of halogens is 2. The van der Waals surface area contributed by atoms with Crippen LogP contribution in [-0.2, 0) is 12.1 Å². The van der Waals surface area contributed by atoms with Gasteiger partial charge in [-0.15, -0.1) is 11.3 Å². The van der Waals surface area contributed by atoms with Gasteiger partial charge in [-0.2, -0.15) is 0 Å². The van der Waals surface area contributed by atoms with Crippen LogP contribution in [0.3, 0.4) is 0 Å². The van der Waals surface area contributed by atoms with Crippen LogP contribution in [0.1, 0.15) is 29.5 Å². The molecule has 8 heteroatoms. The first-order valence-electron chi connectivity index (χ1n) is 9.71. The smallest absolute Gasteiger partial charge is 0.123 e. The third kappa shape index (κ3) is 4.78. The number of nitrogens with two attached hydrogens (primary N) is 2. The van der Waals surface area contributed by atoms with Crippen molar-refractivity contribution in [3.8, 4) is 11.8 Å². The van der Waals surface area contributed by atoms with Crippen molar-refractivity contribution in [3.05, 3.63) is 81.5 Å². The van der Waals surface area contributed by atoms with E-state index in [1.165, 1.54) is 29.8 Å². The van der Waals surface area contributed by atoms with E-state index in [2.05, 4.69) is 27.1 Å². The topological polar surface area (TPSA) is 89.8 Å². The maximum atomic E-state index is 13.4. The summed E-state index contributed by atoms with van der Waals surface area (Å²) in [5.74, 6) is 5.76. The Balaban J connectivity index is 1.58. The molecule has 0 aliphatic heterocycles. The van der Waals surface area contributed by atoms with Crippen LogP contribution in [-0.4, -0.2) is 16.0 Å². The lowest BCUT2D eigenvalue weighted by molar-refractivity contribution is 0.539. The van der Waals surface area contributed by atoms with E-state index in [1.807, 2.05) is 31.2 Å². The lowest BCUT2D eigenvalue weighted by Crippen LogP contribution is -2.38. The summed E-state index contributed by atoms with van der Waals surface area (Å²) < 4.78 is 14.3. The zero-order valence-corrected chi connectivity index (χ0v) is 18.4. The molecule has 3 aromatic rings. The molecule has 2 unspecified atom stereocenters. The summed E-state index contributed by atoms with van der Waals surface area (Å²) in [4.78, 5) is 9.69. The van der Waals surface area contributed by atoms with Crippen molar-refractivity contribution in [1.29, 1.82) is 0 Å². The molecule has 1 aliphatic carbocycles. The Bertz CT molecular complexity index is 1250. The Hall–Kier alpha value is -2.76. The van der Waals surface area contributed by atoms with E-state index in [0.29, 0.717) is 23.7 Å². The average molecular weight is 454 g/mol. The summed E-state index contributed by atoms with van der Waals surface area (Å²) in [5.41, 5.74) is 14.7. The Morgan fingerprint density at radius 3 is 2.94 bits per heavy atom. The number of aromatic nitrogens is 2. The molecule has 0 bridgehead atoms. The predicted octanol–water partition coefficient (Wildman–Crippen LogP) is 3.88. The van der Waals surface area contributed by atoms with Gasteiger partial charge >= 0.3 is 0 Å². The number of thiophene rings is 1. The van der Waals surface area contributed by atoms with Crippen molar-refractivity contribution >= 4 is 33.2 Å². The summed E-state index contributed by atoms with van der Waals surface area (Å²) in [5, 5.41) is 3.84. The molecule has 0 fully saturated rings. The third-order valence-corrected chi connectivity index (χ3v) is 6.22. The molecule has 0 saturated heterocycles. The fourth-order valence-electron chi connectivity index (χ4n) is 3.33. The molecule has 5 N–H and O–H groups in total. The van der Waals surface area contributed by atoms with Gasteiger partial charge in [-0.1, -0.05) is 41.7 Å². The van der Waals surface area contributed by atoms with Gasteiger partial charge in [-0.05, 0) is 36.8 Å². The summed E-state index contributed by atoms with van der Waals surface area (Å²) in [6, 6.07) is 8.14. The fraction of sp³-hybridized carbons (Fsp3) is 0.217. The molecule has 31 heavy (non-hydrogen) atoms. The van der Waals surface area contributed by atoms with Crippen LogP contribution in [0.4, 0.5) is 4.39 Å². The van der Waals surface area contributed by atoms with Crippen molar-refractivity contribution in [2.75, 3.05) is 0 Å². The monoisotopic (exact) mass is 453 g/mol. The van der Waals surface area contributed by atoms with E-state index in [4.69, 9.17) is 23.1 Å². The van der Waals surface area contributed by atoms with Gasteiger partial charge in [0.1, 0.15) is 12.1 Å². The van der Waals surface area contributed by atoms with E-state index in [-0.39, 0.29) is 11.9 Å². The zero-order chi connectivity index (χ0) is 22.0. The number of nitrogens with zero attached hydrogens (tertiary/aromatic N) is 2. The maximum Gasteiger partial charge on any atom is 0.123 e. The van der Waals surface area contributed by atoms with Gasteiger partial charge in [0.25, 0.3) is 0 Å². The van der Waals surface area contributed by atoms with E-state index in [9.17, 15) is 4.39 Å². The summed E-state index contributed by atoms with van der Waals surface area (Å²) in [7, 11) is 0. The van der Waals surface area contributed by atoms with E-state index in [0.717, 1.165) is 26.4 Å². The third-order valence-electron chi connectivity index (χ3n) is 4.83. The zero-order valence-electron chi connectivity index (χ0n) is 16.8. The number of allylic oxidation sites excluding steroid dienone is 1. The number of benzene rings is 1. The number of hydrogen-bond donors (Lipinski definition) is 3. The van der Waals surface area contributed by atoms with E-state index < -0.39 is 5.54 Å². The fourth-order valence-corrected chi connectivity index (χ4v) is 4.73. The van der Waals surface area contributed by atoms with Gasteiger partial charge < -0.3 is 16.8 Å². The molecule has 5 nitrogen and oxygen atoms in total. The van der Waals surface area contributed by atoms with Gasteiger partial charge in [0.15, 0.2) is 0 Å². The minimum Gasteiger partial charge on any atom is -0.380 e. The van der Waals surface area contributed by atoms with E-state index >= 15 is 0 Å². The van der Waals surface area contributed by atoms with Gasteiger partial charge in [0, 0.05) is 23.7 Å². The predicted molar refractivity (Wildman–Crippen MR) is 124 cm³/mol. The number of hydrogen-bond acceptors (Lipinski definition) is 6. The molecule has 0 radical (unpaired) electrons. The minimum absolute atomic E-state index is 0.208. The van der Waals surface area contributed by atoms with Crippen LogP contribution in [0.15, 0.2) is 59.5 Å². The van der Waals surface area contributed by atoms with Crippen LogP contribution < -0.4 is 16.8 Å². The molecule has 0 saturated carbocycles. The number of rotatable bonds is 4. The lowest BCUT2D eigenvalue weighted by atomic mass is 9.87. The molecule has 0 spiro atoms. The summed E-state index contributed by atoms with van der Waals surface area (Å²) in [6.45, 7) is 2.29. The number of fused-ring (bicyclic) bond motifs is 1. The average Bonchev–Trinajstić information content (AvgIpc) is 3.15. The lowest BCUT2D eigenvalue weighted by Gasteiger charge is -2.29. The molecular formula is C23H21ClFN5S. The summed E-state index contributed by atoms with van der Waals surface area (Å²) >= 11 is 8.08.